The van der Waals surface area contributed by atoms with E-state index in [0.29, 0.717) is 12.8 Å². The average Bonchev–Trinajstić information content (AvgIpc) is 2.08. The van der Waals surface area contributed by atoms with Crippen molar-refractivity contribution in [3.05, 3.63) is 0 Å². The molecule has 0 amide bonds. The molecule has 0 unspecified atom stereocenters. The maximum atomic E-state index is 12.5. The zero-order valence-electron chi connectivity index (χ0n) is 5.24. The van der Waals surface area contributed by atoms with Gasteiger partial charge in [0.15, 0.2) is 0 Å². The van der Waals surface area contributed by atoms with Crippen LogP contribution in [-0.4, -0.2) is 12.5 Å². The fraction of sp³-hybridized carbons (Fsp3) is 1.00. The smallest absolute Gasteiger partial charge is 0.252 e. The molecule has 0 saturated heterocycles. The summed E-state index contributed by atoms with van der Waals surface area (Å²) in [5.74, 6) is -3.01. The van der Waals surface area contributed by atoms with Crippen molar-refractivity contribution >= 4 is 0 Å². The second kappa shape index (κ2) is 2.21. The summed E-state index contributed by atoms with van der Waals surface area (Å²) in [5, 5.41) is 0. The summed E-state index contributed by atoms with van der Waals surface area (Å²) in [6, 6.07) is 0. The first-order valence-electron chi connectivity index (χ1n) is 3.24. The van der Waals surface area contributed by atoms with Gasteiger partial charge in [-0.05, 0) is 12.8 Å². The quantitative estimate of drug-likeness (QED) is 0.577. The molecule has 9 heavy (non-hydrogen) atoms. The predicted molar refractivity (Wildman–Crippen MR) is 31.3 cm³/mol. The Morgan fingerprint density at radius 2 is 2.22 bits per heavy atom. The zero-order valence-corrected chi connectivity index (χ0v) is 5.24. The fourth-order valence-corrected chi connectivity index (χ4v) is 1.29. The van der Waals surface area contributed by atoms with Gasteiger partial charge in [-0.3, -0.25) is 0 Å². The van der Waals surface area contributed by atoms with Gasteiger partial charge in [-0.2, -0.15) is 0 Å². The van der Waals surface area contributed by atoms with Crippen molar-refractivity contribution in [1.29, 1.82) is 0 Å². The topological polar surface area (TPSA) is 26.0 Å². The lowest BCUT2D eigenvalue weighted by Crippen LogP contribution is -2.28. The number of hydrogen-bond donors (Lipinski definition) is 1. The maximum absolute atomic E-state index is 12.5. The van der Waals surface area contributed by atoms with E-state index in [1.54, 1.807) is 0 Å². The molecule has 3 heteroatoms. The van der Waals surface area contributed by atoms with Gasteiger partial charge in [-0.25, -0.2) is 8.78 Å². The molecule has 0 aliphatic heterocycles. The third-order valence-electron chi connectivity index (χ3n) is 1.94. The number of halogens is 2. The highest BCUT2D eigenvalue weighted by Gasteiger charge is 2.42. The van der Waals surface area contributed by atoms with Crippen molar-refractivity contribution in [2.24, 2.45) is 11.7 Å². The Morgan fingerprint density at radius 3 is 2.44 bits per heavy atom. The van der Waals surface area contributed by atoms with Gasteiger partial charge in [0.1, 0.15) is 0 Å². The highest BCUT2D eigenvalue weighted by atomic mass is 19.3. The van der Waals surface area contributed by atoms with Gasteiger partial charge in [-0.1, -0.05) is 0 Å². The SMILES string of the molecule is NC[C@@H]1CCCC1(F)F. The summed E-state index contributed by atoms with van der Waals surface area (Å²) >= 11 is 0. The van der Waals surface area contributed by atoms with E-state index in [0.717, 1.165) is 0 Å². The molecule has 0 radical (unpaired) electrons. The Bertz CT molecular complexity index is 103. The lowest BCUT2D eigenvalue weighted by atomic mass is 10.1. The molecule has 0 aromatic carbocycles. The van der Waals surface area contributed by atoms with Gasteiger partial charge in [-0.15, -0.1) is 0 Å². The normalized spacial score (nSPS) is 33.0. The van der Waals surface area contributed by atoms with E-state index in [1.165, 1.54) is 0 Å². The van der Waals surface area contributed by atoms with Crippen LogP contribution in [0.15, 0.2) is 0 Å². The zero-order chi connectivity index (χ0) is 6.91. The van der Waals surface area contributed by atoms with Gasteiger partial charge < -0.3 is 5.73 Å². The molecule has 1 atom stereocenters. The average molecular weight is 135 g/mol. The number of nitrogens with two attached hydrogens (primary N) is 1. The first kappa shape index (κ1) is 6.93. The Labute approximate surface area is 53.2 Å². The summed E-state index contributed by atoms with van der Waals surface area (Å²) in [6.07, 6.45) is 1.27. The van der Waals surface area contributed by atoms with Gasteiger partial charge >= 0.3 is 0 Å². The Morgan fingerprint density at radius 1 is 1.56 bits per heavy atom. The molecule has 54 valence electrons. The predicted octanol–water partition coefficient (Wildman–Crippen LogP) is 1.38. The van der Waals surface area contributed by atoms with Crippen LogP contribution >= 0.6 is 0 Å². The molecule has 0 bridgehead atoms. The fourth-order valence-electron chi connectivity index (χ4n) is 1.29. The van der Waals surface area contributed by atoms with Crippen LogP contribution in [0.5, 0.6) is 0 Å². The minimum atomic E-state index is -2.46. The van der Waals surface area contributed by atoms with Crippen LogP contribution in [0.4, 0.5) is 8.78 Å². The minimum absolute atomic E-state index is 0.0366. The molecule has 0 aromatic rings. The van der Waals surface area contributed by atoms with E-state index >= 15 is 0 Å². The molecule has 1 rings (SSSR count). The second-order valence-electron chi connectivity index (χ2n) is 2.59. The molecule has 0 spiro atoms. The van der Waals surface area contributed by atoms with E-state index in [2.05, 4.69) is 0 Å². The van der Waals surface area contributed by atoms with Crippen molar-refractivity contribution in [3.8, 4) is 0 Å². The molecule has 0 heterocycles. The number of hydrogen-bond acceptors (Lipinski definition) is 1. The molecule has 1 aliphatic rings. The van der Waals surface area contributed by atoms with Crippen LogP contribution in [0.3, 0.4) is 0 Å². The largest absolute Gasteiger partial charge is 0.330 e. The molecular weight excluding hydrogens is 124 g/mol. The van der Waals surface area contributed by atoms with Crippen molar-refractivity contribution in [2.75, 3.05) is 6.54 Å². The van der Waals surface area contributed by atoms with Crippen molar-refractivity contribution in [1.82, 2.24) is 0 Å². The third-order valence-corrected chi connectivity index (χ3v) is 1.94. The Kier molecular flexibility index (Phi) is 1.70. The third kappa shape index (κ3) is 1.21. The van der Waals surface area contributed by atoms with E-state index in [1.807, 2.05) is 0 Å². The molecule has 1 saturated carbocycles. The Hall–Kier alpha value is -0.180. The first-order valence-corrected chi connectivity index (χ1v) is 3.24. The van der Waals surface area contributed by atoms with Gasteiger partial charge in [0.25, 0.3) is 5.92 Å². The Balaban J connectivity index is 2.52. The number of rotatable bonds is 1. The highest BCUT2D eigenvalue weighted by Crippen LogP contribution is 2.39. The molecular formula is C6H11F2N. The number of alkyl halides is 2. The van der Waals surface area contributed by atoms with Gasteiger partial charge in [0, 0.05) is 18.9 Å². The van der Waals surface area contributed by atoms with E-state index < -0.39 is 11.8 Å². The maximum Gasteiger partial charge on any atom is 0.252 e. The first-order chi connectivity index (χ1) is 4.17. The van der Waals surface area contributed by atoms with E-state index in [4.69, 9.17) is 5.73 Å². The molecule has 2 N–H and O–H groups in total. The minimum Gasteiger partial charge on any atom is -0.330 e. The van der Waals surface area contributed by atoms with Crippen molar-refractivity contribution in [2.45, 2.75) is 25.2 Å². The van der Waals surface area contributed by atoms with E-state index in [-0.39, 0.29) is 13.0 Å². The van der Waals surface area contributed by atoms with Crippen LogP contribution in [0.2, 0.25) is 0 Å². The van der Waals surface area contributed by atoms with Crippen LogP contribution in [-0.2, 0) is 0 Å². The lowest BCUT2D eigenvalue weighted by molar-refractivity contribution is -0.0331. The van der Waals surface area contributed by atoms with Gasteiger partial charge in [0.2, 0.25) is 0 Å². The molecule has 1 fully saturated rings. The summed E-state index contributed by atoms with van der Waals surface area (Å²) in [4.78, 5) is 0. The van der Waals surface area contributed by atoms with Gasteiger partial charge in [0.05, 0.1) is 0 Å². The summed E-state index contributed by atoms with van der Waals surface area (Å²) in [5.41, 5.74) is 5.13. The van der Waals surface area contributed by atoms with Crippen LogP contribution in [0, 0.1) is 5.92 Å². The highest BCUT2D eigenvalue weighted by molar-refractivity contribution is 4.84. The summed E-state index contributed by atoms with van der Waals surface area (Å²) in [7, 11) is 0. The van der Waals surface area contributed by atoms with Crippen LogP contribution < -0.4 is 5.73 Å². The van der Waals surface area contributed by atoms with Crippen molar-refractivity contribution in [3.63, 3.8) is 0 Å². The summed E-state index contributed by atoms with van der Waals surface area (Å²) in [6.45, 7) is 0.132. The summed E-state index contributed by atoms with van der Waals surface area (Å²) < 4.78 is 25.1. The van der Waals surface area contributed by atoms with E-state index in [9.17, 15) is 8.78 Å². The standard InChI is InChI=1S/C6H11F2N/c7-6(8)3-1-2-5(6)4-9/h5H,1-4,9H2/t5-/m0/s1. The van der Waals surface area contributed by atoms with Crippen LogP contribution in [0.1, 0.15) is 19.3 Å². The van der Waals surface area contributed by atoms with Crippen LogP contribution in [0.25, 0.3) is 0 Å². The second-order valence-corrected chi connectivity index (χ2v) is 2.59. The molecule has 0 aromatic heterocycles. The lowest BCUT2D eigenvalue weighted by Gasteiger charge is -2.15. The molecule has 1 aliphatic carbocycles. The molecule has 1 nitrogen and oxygen atoms in total. The monoisotopic (exact) mass is 135 g/mol. The van der Waals surface area contributed by atoms with Crippen molar-refractivity contribution < 1.29 is 8.78 Å².